The molecule has 1 aromatic heterocycles. The SMILES string of the molecule is C[C@H](C(=O)Nc1ccc(Cl)cc1F)C1(C)CCC(c2ccnc3ccc(F)cc23)CC1. The number of pyridine rings is 1. The number of hydrogen-bond acceptors (Lipinski definition) is 2. The van der Waals surface area contributed by atoms with Gasteiger partial charge >= 0.3 is 0 Å². The van der Waals surface area contributed by atoms with Gasteiger partial charge < -0.3 is 5.32 Å². The lowest BCUT2D eigenvalue weighted by Gasteiger charge is -2.41. The number of hydrogen-bond donors (Lipinski definition) is 1. The molecule has 0 radical (unpaired) electrons. The van der Waals surface area contributed by atoms with Gasteiger partial charge in [-0.3, -0.25) is 9.78 Å². The molecular formula is C25H25ClF2N2O. The largest absolute Gasteiger partial charge is 0.323 e. The highest BCUT2D eigenvalue weighted by molar-refractivity contribution is 6.30. The predicted octanol–water partition coefficient (Wildman–Crippen LogP) is 7.11. The summed E-state index contributed by atoms with van der Waals surface area (Å²) in [5.74, 6) is -0.987. The Morgan fingerprint density at radius 2 is 1.90 bits per heavy atom. The highest BCUT2D eigenvalue weighted by Gasteiger charge is 2.39. The van der Waals surface area contributed by atoms with E-state index in [1.807, 2.05) is 13.0 Å². The Balaban J connectivity index is 1.47. The summed E-state index contributed by atoms with van der Waals surface area (Å²) in [7, 11) is 0. The third-order valence-electron chi connectivity index (χ3n) is 6.93. The normalized spacial score (nSPS) is 22.3. The van der Waals surface area contributed by atoms with E-state index in [9.17, 15) is 13.6 Å². The summed E-state index contributed by atoms with van der Waals surface area (Å²) in [6.45, 7) is 4.02. The second-order valence-corrected chi connectivity index (χ2v) is 9.26. The van der Waals surface area contributed by atoms with Crippen LogP contribution in [0, 0.1) is 23.0 Å². The van der Waals surface area contributed by atoms with Gasteiger partial charge in [-0.25, -0.2) is 8.78 Å². The molecule has 0 saturated heterocycles. The Bertz CT molecular complexity index is 1130. The lowest BCUT2D eigenvalue weighted by atomic mass is 9.64. The zero-order valence-corrected chi connectivity index (χ0v) is 18.3. The molecule has 0 spiro atoms. The molecule has 1 heterocycles. The van der Waals surface area contributed by atoms with Crippen LogP contribution in [0.25, 0.3) is 10.9 Å². The maximum absolute atomic E-state index is 14.1. The zero-order valence-electron chi connectivity index (χ0n) is 17.6. The Kier molecular flexibility index (Phi) is 5.98. The number of anilines is 1. The van der Waals surface area contributed by atoms with Crippen molar-refractivity contribution in [1.29, 1.82) is 0 Å². The smallest absolute Gasteiger partial charge is 0.227 e. The molecule has 0 aliphatic heterocycles. The van der Waals surface area contributed by atoms with Gasteiger partial charge in [0.25, 0.3) is 0 Å². The summed E-state index contributed by atoms with van der Waals surface area (Å²) in [6.07, 6.45) is 5.29. The minimum absolute atomic E-state index is 0.142. The number of amides is 1. The van der Waals surface area contributed by atoms with Gasteiger partial charge in [-0.1, -0.05) is 25.4 Å². The van der Waals surface area contributed by atoms with Gasteiger partial charge in [-0.05, 0) is 85.0 Å². The van der Waals surface area contributed by atoms with Crippen LogP contribution in [0.2, 0.25) is 5.02 Å². The van der Waals surface area contributed by atoms with E-state index in [0.717, 1.165) is 42.1 Å². The number of rotatable bonds is 4. The predicted molar refractivity (Wildman–Crippen MR) is 120 cm³/mol. The fraction of sp³-hybridized carbons (Fsp3) is 0.360. The molecular weight excluding hydrogens is 418 g/mol. The number of nitrogens with one attached hydrogen (secondary N) is 1. The van der Waals surface area contributed by atoms with Gasteiger partial charge in [-0.2, -0.15) is 0 Å². The average molecular weight is 443 g/mol. The second kappa shape index (κ2) is 8.54. The standard InChI is InChI=1S/C25H25ClF2N2O/c1-15(24(31)30-23-5-3-17(26)13-21(23)28)25(2)10-7-16(8-11-25)19-9-12-29-22-6-4-18(27)14-20(19)22/h3-6,9,12-16H,7-8,10-11H2,1-2H3,(H,30,31)/t15-,16?,25?/m1/s1. The molecule has 1 saturated carbocycles. The van der Waals surface area contributed by atoms with Crippen molar-refractivity contribution >= 4 is 34.1 Å². The quantitative estimate of drug-likeness (QED) is 0.468. The summed E-state index contributed by atoms with van der Waals surface area (Å²) in [5.41, 5.74) is 1.86. The fourth-order valence-corrected chi connectivity index (χ4v) is 4.82. The first kappa shape index (κ1) is 21.7. The van der Waals surface area contributed by atoms with Crippen molar-refractivity contribution in [1.82, 2.24) is 4.98 Å². The van der Waals surface area contributed by atoms with Crippen LogP contribution in [0.15, 0.2) is 48.7 Å². The zero-order chi connectivity index (χ0) is 22.2. The molecule has 1 fully saturated rings. The van der Waals surface area contributed by atoms with Crippen LogP contribution in [0.4, 0.5) is 14.5 Å². The average Bonchev–Trinajstić information content (AvgIpc) is 2.75. The molecule has 1 atom stereocenters. The maximum atomic E-state index is 14.1. The van der Waals surface area contributed by atoms with Gasteiger partial charge in [0.2, 0.25) is 5.91 Å². The molecule has 0 bridgehead atoms. The van der Waals surface area contributed by atoms with Crippen LogP contribution >= 0.6 is 11.6 Å². The van der Waals surface area contributed by atoms with Gasteiger partial charge in [-0.15, -0.1) is 0 Å². The molecule has 2 aromatic carbocycles. The number of fused-ring (bicyclic) bond motifs is 1. The van der Waals surface area contributed by atoms with E-state index in [0.29, 0.717) is 5.92 Å². The van der Waals surface area contributed by atoms with E-state index in [2.05, 4.69) is 17.2 Å². The van der Waals surface area contributed by atoms with Crippen molar-refractivity contribution in [2.75, 3.05) is 5.32 Å². The Morgan fingerprint density at radius 1 is 1.16 bits per heavy atom. The van der Waals surface area contributed by atoms with Gasteiger partial charge in [0.05, 0.1) is 11.2 Å². The van der Waals surface area contributed by atoms with Crippen molar-refractivity contribution in [3.63, 3.8) is 0 Å². The molecule has 1 aliphatic rings. The van der Waals surface area contributed by atoms with Crippen molar-refractivity contribution in [3.05, 3.63) is 70.9 Å². The van der Waals surface area contributed by atoms with Crippen LogP contribution in [-0.4, -0.2) is 10.9 Å². The van der Waals surface area contributed by atoms with E-state index >= 15 is 0 Å². The first-order valence-corrected chi connectivity index (χ1v) is 10.9. The van der Waals surface area contributed by atoms with Gasteiger partial charge in [0, 0.05) is 22.5 Å². The van der Waals surface area contributed by atoms with E-state index in [4.69, 9.17) is 11.6 Å². The summed E-state index contributed by atoms with van der Waals surface area (Å²) >= 11 is 5.79. The molecule has 0 unspecified atom stereocenters. The minimum atomic E-state index is -0.543. The molecule has 6 heteroatoms. The first-order valence-electron chi connectivity index (χ1n) is 10.6. The van der Waals surface area contributed by atoms with Crippen molar-refractivity contribution < 1.29 is 13.6 Å². The van der Waals surface area contributed by atoms with Crippen molar-refractivity contribution in [2.45, 2.75) is 45.4 Å². The lowest BCUT2D eigenvalue weighted by Crippen LogP contribution is -2.37. The number of nitrogens with zero attached hydrogens (tertiary/aromatic N) is 1. The molecule has 1 amide bonds. The maximum Gasteiger partial charge on any atom is 0.227 e. The first-order chi connectivity index (χ1) is 14.8. The highest BCUT2D eigenvalue weighted by atomic mass is 35.5. The minimum Gasteiger partial charge on any atom is -0.323 e. The number of benzene rings is 2. The Labute approximate surface area is 185 Å². The molecule has 1 N–H and O–H groups in total. The summed E-state index contributed by atoms with van der Waals surface area (Å²) in [5, 5.41) is 3.86. The monoisotopic (exact) mass is 442 g/mol. The number of halogens is 3. The van der Waals surface area contributed by atoms with E-state index in [1.54, 1.807) is 24.4 Å². The molecule has 3 nitrogen and oxygen atoms in total. The summed E-state index contributed by atoms with van der Waals surface area (Å²) in [6, 6.07) is 10.9. The highest BCUT2D eigenvalue weighted by Crippen LogP contribution is 2.48. The van der Waals surface area contributed by atoms with Crippen LogP contribution < -0.4 is 5.32 Å². The van der Waals surface area contributed by atoms with Crippen molar-refractivity contribution in [2.24, 2.45) is 11.3 Å². The molecule has 1 aliphatic carbocycles. The fourth-order valence-electron chi connectivity index (χ4n) is 4.67. The number of carbonyl (C=O) groups excluding carboxylic acids is 1. The third-order valence-corrected chi connectivity index (χ3v) is 7.17. The summed E-state index contributed by atoms with van der Waals surface area (Å²) in [4.78, 5) is 17.2. The second-order valence-electron chi connectivity index (χ2n) is 8.83. The summed E-state index contributed by atoms with van der Waals surface area (Å²) < 4.78 is 27.9. The van der Waals surface area contributed by atoms with Crippen LogP contribution in [0.5, 0.6) is 0 Å². The third kappa shape index (κ3) is 4.42. The van der Waals surface area contributed by atoms with E-state index < -0.39 is 5.82 Å². The molecule has 31 heavy (non-hydrogen) atoms. The topological polar surface area (TPSA) is 42.0 Å². The van der Waals surface area contributed by atoms with Crippen LogP contribution in [0.1, 0.15) is 51.0 Å². The van der Waals surface area contributed by atoms with E-state index in [-0.39, 0.29) is 33.8 Å². The molecule has 4 rings (SSSR count). The van der Waals surface area contributed by atoms with Crippen LogP contribution in [0.3, 0.4) is 0 Å². The van der Waals surface area contributed by atoms with Gasteiger partial charge in [0.15, 0.2) is 0 Å². The van der Waals surface area contributed by atoms with Gasteiger partial charge in [0.1, 0.15) is 11.6 Å². The Hall–Kier alpha value is -2.53. The Morgan fingerprint density at radius 3 is 2.61 bits per heavy atom. The lowest BCUT2D eigenvalue weighted by molar-refractivity contribution is -0.123. The van der Waals surface area contributed by atoms with Crippen LogP contribution in [-0.2, 0) is 4.79 Å². The van der Waals surface area contributed by atoms with Crippen molar-refractivity contribution in [3.8, 4) is 0 Å². The van der Waals surface area contributed by atoms with E-state index in [1.165, 1.54) is 18.2 Å². The number of carbonyl (C=O) groups is 1. The molecule has 162 valence electrons. The molecule has 3 aromatic rings. The number of aromatic nitrogens is 1.